The largest absolute Gasteiger partial charge is 0.484 e. The second kappa shape index (κ2) is 12.1. The van der Waals surface area contributed by atoms with Gasteiger partial charge in [-0.1, -0.05) is 15.9 Å². The minimum Gasteiger partial charge on any atom is -0.484 e. The zero-order valence-electron chi connectivity index (χ0n) is 19.4. The molecular weight excluding hydrogens is 516 g/mol. The van der Waals surface area contributed by atoms with Crippen LogP contribution in [-0.2, 0) is 19.1 Å². The predicted octanol–water partition coefficient (Wildman–Crippen LogP) is 2.27. The van der Waals surface area contributed by atoms with E-state index in [2.05, 4.69) is 31.5 Å². The molecular formula is C25H29BrN4O5. The van der Waals surface area contributed by atoms with Crippen LogP contribution in [-0.4, -0.2) is 75.2 Å². The average Bonchev–Trinajstić information content (AvgIpc) is 3.27. The number of carbonyl (C=O) groups is 3. The lowest BCUT2D eigenvalue weighted by atomic mass is 10.1. The normalized spacial score (nSPS) is 18.4. The summed E-state index contributed by atoms with van der Waals surface area (Å²) in [4.78, 5) is 41.1. The van der Waals surface area contributed by atoms with Gasteiger partial charge >= 0.3 is 0 Å². The van der Waals surface area contributed by atoms with Gasteiger partial charge in [0.05, 0.1) is 19.1 Å². The molecule has 2 aliphatic rings. The van der Waals surface area contributed by atoms with Crippen molar-refractivity contribution in [2.24, 2.45) is 5.92 Å². The molecule has 2 heterocycles. The number of hydrogen-bond acceptors (Lipinski definition) is 6. The van der Waals surface area contributed by atoms with E-state index in [0.717, 1.165) is 37.3 Å². The molecule has 1 atom stereocenters. The topological polar surface area (TPSA) is 100 Å². The average molecular weight is 545 g/mol. The minimum atomic E-state index is -0.370. The van der Waals surface area contributed by atoms with Gasteiger partial charge in [-0.2, -0.15) is 0 Å². The van der Waals surface area contributed by atoms with Crippen molar-refractivity contribution in [3.05, 3.63) is 53.0 Å². The molecule has 0 aromatic heterocycles. The summed E-state index contributed by atoms with van der Waals surface area (Å²) in [5.41, 5.74) is 1.38. The summed E-state index contributed by atoms with van der Waals surface area (Å²) in [6.45, 7) is 4.75. The maximum absolute atomic E-state index is 12.6. The molecule has 0 bridgehead atoms. The molecule has 186 valence electrons. The lowest BCUT2D eigenvalue weighted by Crippen LogP contribution is -2.42. The number of rotatable bonds is 9. The van der Waals surface area contributed by atoms with Crippen molar-refractivity contribution in [1.29, 1.82) is 0 Å². The van der Waals surface area contributed by atoms with Gasteiger partial charge in [-0.15, -0.1) is 0 Å². The van der Waals surface area contributed by atoms with Gasteiger partial charge in [0, 0.05) is 55.0 Å². The highest BCUT2D eigenvalue weighted by molar-refractivity contribution is 9.10. The molecule has 9 nitrogen and oxygen atoms in total. The molecule has 2 aromatic rings. The fourth-order valence-electron chi connectivity index (χ4n) is 4.04. The van der Waals surface area contributed by atoms with E-state index < -0.39 is 0 Å². The SMILES string of the molecule is O=C(COc1ccc(N2C[C@@H](C(=O)NCCN3CCOCC3)CC2=O)cc1)Nc1ccc(Br)cc1. The standard InChI is InChI=1S/C25H29BrN4O5/c26-19-1-3-20(4-2-19)28-23(31)17-35-22-7-5-21(6-8-22)30-16-18(15-24(30)32)25(33)27-9-10-29-11-13-34-14-12-29/h1-8,18H,9-17H2,(H,27,33)(H,28,31)/t18-/m0/s1. The van der Waals surface area contributed by atoms with E-state index in [4.69, 9.17) is 9.47 Å². The summed E-state index contributed by atoms with van der Waals surface area (Å²) >= 11 is 3.35. The number of morpholine rings is 1. The number of nitrogens with one attached hydrogen (secondary N) is 2. The van der Waals surface area contributed by atoms with E-state index in [1.807, 2.05) is 12.1 Å². The van der Waals surface area contributed by atoms with Crippen molar-refractivity contribution in [3.63, 3.8) is 0 Å². The molecule has 2 aromatic carbocycles. The predicted molar refractivity (Wildman–Crippen MR) is 135 cm³/mol. The van der Waals surface area contributed by atoms with Crippen LogP contribution >= 0.6 is 15.9 Å². The molecule has 2 fully saturated rings. The fraction of sp³-hybridized carbons (Fsp3) is 0.400. The Bertz CT molecular complexity index is 1030. The summed E-state index contributed by atoms with van der Waals surface area (Å²) in [7, 11) is 0. The maximum Gasteiger partial charge on any atom is 0.262 e. The number of benzene rings is 2. The Labute approximate surface area is 212 Å². The van der Waals surface area contributed by atoms with Crippen LogP contribution in [0.5, 0.6) is 5.75 Å². The van der Waals surface area contributed by atoms with E-state index in [0.29, 0.717) is 30.2 Å². The van der Waals surface area contributed by atoms with Gasteiger partial charge in [-0.25, -0.2) is 0 Å². The van der Waals surface area contributed by atoms with Crippen LogP contribution in [0.1, 0.15) is 6.42 Å². The number of ether oxygens (including phenoxy) is 2. The second-order valence-corrected chi connectivity index (χ2v) is 9.40. The van der Waals surface area contributed by atoms with Crippen LogP contribution < -0.4 is 20.3 Å². The van der Waals surface area contributed by atoms with Gasteiger partial charge in [-0.3, -0.25) is 19.3 Å². The number of hydrogen-bond donors (Lipinski definition) is 2. The van der Waals surface area contributed by atoms with Gasteiger partial charge in [0.15, 0.2) is 6.61 Å². The van der Waals surface area contributed by atoms with Gasteiger partial charge < -0.3 is 25.0 Å². The van der Waals surface area contributed by atoms with Gasteiger partial charge in [0.2, 0.25) is 11.8 Å². The first-order valence-corrected chi connectivity index (χ1v) is 12.4. The van der Waals surface area contributed by atoms with Gasteiger partial charge in [-0.05, 0) is 48.5 Å². The molecule has 0 saturated carbocycles. The van der Waals surface area contributed by atoms with Crippen LogP contribution in [0.3, 0.4) is 0 Å². The molecule has 2 aliphatic heterocycles. The van der Waals surface area contributed by atoms with Crippen molar-refractivity contribution in [2.75, 3.05) is 62.8 Å². The molecule has 0 spiro atoms. The number of amides is 3. The van der Waals surface area contributed by atoms with Crippen molar-refractivity contribution < 1.29 is 23.9 Å². The first kappa shape index (κ1) is 25.2. The van der Waals surface area contributed by atoms with Crippen LogP contribution in [0.2, 0.25) is 0 Å². The molecule has 0 aliphatic carbocycles. The summed E-state index contributed by atoms with van der Waals surface area (Å²) < 4.78 is 11.8. The van der Waals surface area contributed by atoms with E-state index in [1.165, 1.54) is 0 Å². The summed E-state index contributed by atoms with van der Waals surface area (Å²) in [5, 5.41) is 5.73. The smallest absolute Gasteiger partial charge is 0.262 e. The fourth-order valence-corrected chi connectivity index (χ4v) is 4.30. The number of nitrogens with zero attached hydrogens (tertiary/aromatic N) is 2. The molecule has 35 heavy (non-hydrogen) atoms. The second-order valence-electron chi connectivity index (χ2n) is 8.49. The van der Waals surface area contributed by atoms with Gasteiger partial charge in [0.1, 0.15) is 5.75 Å². The number of anilines is 2. The Hall–Kier alpha value is -2.95. The molecule has 3 amide bonds. The van der Waals surface area contributed by atoms with Crippen LogP contribution in [0, 0.1) is 5.92 Å². The van der Waals surface area contributed by atoms with E-state index in [9.17, 15) is 14.4 Å². The van der Waals surface area contributed by atoms with Crippen molar-refractivity contribution in [2.45, 2.75) is 6.42 Å². The van der Waals surface area contributed by atoms with E-state index in [-0.39, 0.29) is 36.7 Å². The third-order valence-electron chi connectivity index (χ3n) is 5.97. The zero-order valence-corrected chi connectivity index (χ0v) is 21.0. The Morgan fingerprint density at radius 1 is 1.06 bits per heavy atom. The molecule has 2 saturated heterocycles. The summed E-state index contributed by atoms with van der Waals surface area (Å²) in [6, 6.07) is 14.2. The Balaban J connectivity index is 1.21. The number of carbonyl (C=O) groups excluding carboxylic acids is 3. The van der Waals surface area contributed by atoms with E-state index >= 15 is 0 Å². The summed E-state index contributed by atoms with van der Waals surface area (Å²) in [6.07, 6.45) is 0.192. The summed E-state index contributed by atoms with van der Waals surface area (Å²) in [5.74, 6) is -0.297. The maximum atomic E-state index is 12.6. The Morgan fingerprint density at radius 2 is 1.77 bits per heavy atom. The van der Waals surface area contributed by atoms with Gasteiger partial charge in [0.25, 0.3) is 5.91 Å². The molecule has 4 rings (SSSR count). The van der Waals surface area contributed by atoms with Crippen LogP contribution in [0.4, 0.5) is 11.4 Å². The Kier molecular flexibility index (Phi) is 8.73. The highest BCUT2D eigenvalue weighted by Crippen LogP contribution is 2.27. The zero-order chi connectivity index (χ0) is 24.6. The minimum absolute atomic E-state index is 0.0825. The molecule has 2 N–H and O–H groups in total. The highest BCUT2D eigenvalue weighted by atomic mass is 79.9. The Morgan fingerprint density at radius 3 is 2.49 bits per heavy atom. The molecule has 0 radical (unpaired) electrons. The van der Waals surface area contributed by atoms with Crippen LogP contribution in [0.25, 0.3) is 0 Å². The molecule has 0 unspecified atom stereocenters. The van der Waals surface area contributed by atoms with Crippen molar-refractivity contribution in [3.8, 4) is 5.75 Å². The van der Waals surface area contributed by atoms with Crippen molar-refractivity contribution >= 4 is 45.0 Å². The van der Waals surface area contributed by atoms with Crippen LogP contribution in [0.15, 0.2) is 53.0 Å². The lowest BCUT2D eigenvalue weighted by molar-refractivity contribution is -0.126. The lowest BCUT2D eigenvalue weighted by Gasteiger charge is -2.26. The van der Waals surface area contributed by atoms with Crippen molar-refractivity contribution in [1.82, 2.24) is 10.2 Å². The third kappa shape index (κ3) is 7.27. The first-order chi connectivity index (χ1) is 17.0. The first-order valence-electron chi connectivity index (χ1n) is 11.6. The molecule has 10 heteroatoms. The monoisotopic (exact) mass is 544 g/mol. The quantitative estimate of drug-likeness (QED) is 0.502. The third-order valence-corrected chi connectivity index (χ3v) is 6.50. The number of halogens is 1. The van der Waals surface area contributed by atoms with E-state index in [1.54, 1.807) is 41.3 Å². The highest BCUT2D eigenvalue weighted by Gasteiger charge is 2.35.